The number of carbonyl (C=O) groups excluding carboxylic acids is 1. The van der Waals surface area contributed by atoms with Gasteiger partial charge in [0.2, 0.25) is 0 Å². The van der Waals surface area contributed by atoms with Crippen molar-refractivity contribution in [1.29, 1.82) is 0 Å². The number of aliphatic hydroxyl groups excluding tert-OH is 1. The summed E-state index contributed by atoms with van der Waals surface area (Å²) in [5, 5.41) is 9.28. The Balaban J connectivity index is 2.31. The van der Waals surface area contributed by atoms with E-state index in [-0.39, 0.29) is 18.6 Å². The molecule has 0 spiro atoms. The minimum Gasteiger partial charge on any atom is -0.394 e. The number of likely N-dealkylation sites (tertiary alicyclic amines) is 1. The quantitative estimate of drug-likeness (QED) is 0.847. The molecule has 0 bridgehead atoms. The Bertz CT molecular complexity index is 408. The van der Waals surface area contributed by atoms with Crippen LogP contribution in [0.4, 0.5) is 0 Å². The summed E-state index contributed by atoms with van der Waals surface area (Å²) in [6, 6.07) is 5.89. The Kier molecular flexibility index (Phi) is 3.48. The number of carbonyl (C=O) groups is 1. The summed E-state index contributed by atoms with van der Waals surface area (Å²) in [7, 11) is 0. The maximum atomic E-state index is 12.5. The summed E-state index contributed by atoms with van der Waals surface area (Å²) in [5.41, 5.74) is 2.82. The smallest absolute Gasteiger partial charge is 0.254 e. The van der Waals surface area contributed by atoms with Crippen LogP contribution in [0, 0.1) is 13.8 Å². The van der Waals surface area contributed by atoms with Crippen LogP contribution in [0.25, 0.3) is 0 Å². The van der Waals surface area contributed by atoms with Crippen molar-refractivity contribution in [3.05, 3.63) is 34.9 Å². The highest BCUT2D eigenvalue weighted by atomic mass is 16.3. The van der Waals surface area contributed by atoms with Gasteiger partial charge in [-0.15, -0.1) is 0 Å². The zero-order valence-electron chi connectivity index (χ0n) is 10.4. The molecule has 3 heteroatoms. The lowest BCUT2D eigenvalue weighted by Crippen LogP contribution is -2.38. The van der Waals surface area contributed by atoms with Crippen LogP contribution in [-0.4, -0.2) is 35.1 Å². The van der Waals surface area contributed by atoms with E-state index < -0.39 is 0 Å². The standard InChI is InChI=1S/C14H19NO2/c1-10-5-3-6-11(2)13(10)14(17)15-8-4-7-12(15)9-16/h3,5-6,12,16H,4,7-9H2,1-2H3. The van der Waals surface area contributed by atoms with Crippen molar-refractivity contribution in [2.24, 2.45) is 0 Å². The van der Waals surface area contributed by atoms with Gasteiger partial charge in [0, 0.05) is 12.1 Å². The van der Waals surface area contributed by atoms with Gasteiger partial charge in [-0.25, -0.2) is 0 Å². The zero-order valence-corrected chi connectivity index (χ0v) is 10.4. The molecule has 0 radical (unpaired) electrons. The van der Waals surface area contributed by atoms with Gasteiger partial charge in [-0.05, 0) is 37.8 Å². The van der Waals surface area contributed by atoms with Crippen LogP contribution in [0.2, 0.25) is 0 Å². The van der Waals surface area contributed by atoms with Gasteiger partial charge in [0.05, 0.1) is 12.6 Å². The summed E-state index contributed by atoms with van der Waals surface area (Å²) < 4.78 is 0. The summed E-state index contributed by atoms with van der Waals surface area (Å²) in [6.07, 6.45) is 1.90. The number of benzene rings is 1. The van der Waals surface area contributed by atoms with Crippen LogP contribution in [-0.2, 0) is 0 Å². The highest BCUT2D eigenvalue weighted by Gasteiger charge is 2.29. The summed E-state index contributed by atoms with van der Waals surface area (Å²) in [5.74, 6) is 0.0668. The predicted octanol–water partition coefficient (Wildman–Crippen LogP) is 1.90. The molecule has 1 aromatic rings. The third-order valence-electron chi connectivity index (χ3n) is 3.54. The Labute approximate surface area is 102 Å². The van der Waals surface area contributed by atoms with Crippen molar-refractivity contribution < 1.29 is 9.90 Å². The highest BCUT2D eigenvalue weighted by Crippen LogP contribution is 2.23. The SMILES string of the molecule is Cc1cccc(C)c1C(=O)N1CCCC1CO. The van der Waals surface area contributed by atoms with Gasteiger partial charge in [-0.2, -0.15) is 0 Å². The molecule has 1 N–H and O–H groups in total. The molecule has 17 heavy (non-hydrogen) atoms. The van der Waals surface area contributed by atoms with Gasteiger partial charge in [0.25, 0.3) is 5.91 Å². The number of hydrogen-bond donors (Lipinski definition) is 1. The first-order valence-electron chi connectivity index (χ1n) is 6.13. The zero-order chi connectivity index (χ0) is 12.4. The van der Waals surface area contributed by atoms with E-state index >= 15 is 0 Å². The minimum atomic E-state index is 0.00139. The van der Waals surface area contributed by atoms with Crippen molar-refractivity contribution in [1.82, 2.24) is 4.90 Å². The fraction of sp³-hybridized carbons (Fsp3) is 0.500. The molecule has 0 saturated carbocycles. The Morgan fingerprint density at radius 3 is 2.65 bits per heavy atom. The molecular weight excluding hydrogens is 214 g/mol. The van der Waals surface area contributed by atoms with Crippen LogP contribution in [0.1, 0.15) is 34.3 Å². The third kappa shape index (κ3) is 2.20. The lowest BCUT2D eigenvalue weighted by atomic mass is 10.0. The molecule has 0 aliphatic carbocycles. The van der Waals surface area contributed by atoms with Crippen molar-refractivity contribution >= 4 is 5.91 Å². The van der Waals surface area contributed by atoms with Crippen LogP contribution < -0.4 is 0 Å². The van der Waals surface area contributed by atoms with Gasteiger partial charge in [-0.3, -0.25) is 4.79 Å². The van der Waals surface area contributed by atoms with Crippen LogP contribution in [0.3, 0.4) is 0 Å². The molecule has 0 aromatic heterocycles. The Morgan fingerprint density at radius 1 is 1.41 bits per heavy atom. The number of rotatable bonds is 2. The largest absolute Gasteiger partial charge is 0.394 e. The molecule has 1 amide bonds. The molecule has 1 atom stereocenters. The van der Waals surface area contributed by atoms with Gasteiger partial charge in [-0.1, -0.05) is 18.2 Å². The van der Waals surface area contributed by atoms with E-state index in [0.29, 0.717) is 0 Å². The van der Waals surface area contributed by atoms with Crippen molar-refractivity contribution in [3.63, 3.8) is 0 Å². The molecule has 1 unspecified atom stereocenters. The van der Waals surface area contributed by atoms with Gasteiger partial charge in [0.15, 0.2) is 0 Å². The van der Waals surface area contributed by atoms with Crippen LogP contribution in [0.5, 0.6) is 0 Å². The molecule has 2 rings (SSSR count). The Morgan fingerprint density at radius 2 is 2.06 bits per heavy atom. The van der Waals surface area contributed by atoms with Crippen LogP contribution >= 0.6 is 0 Å². The third-order valence-corrected chi connectivity index (χ3v) is 3.54. The second-order valence-electron chi connectivity index (χ2n) is 4.74. The second-order valence-corrected chi connectivity index (χ2v) is 4.74. The van der Waals surface area contributed by atoms with Gasteiger partial charge in [0.1, 0.15) is 0 Å². The lowest BCUT2D eigenvalue weighted by Gasteiger charge is -2.24. The Hall–Kier alpha value is -1.35. The van der Waals surface area contributed by atoms with E-state index in [1.54, 1.807) is 0 Å². The number of aryl methyl sites for hydroxylation is 2. The monoisotopic (exact) mass is 233 g/mol. The van der Waals surface area contributed by atoms with E-state index in [1.165, 1.54) is 0 Å². The maximum Gasteiger partial charge on any atom is 0.254 e. The summed E-state index contributed by atoms with van der Waals surface area (Å²) in [4.78, 5) is 14.3. The van der Waals surface area contributed by atoms with E-state index in [9.17, 15) is 9.90 Å². The molecule has 1 aromatic carbocycles. The minimum absolute atomic E-state index is 0.00139. The molecule has 1 aliphatic heterocycles. The van der Waals surface area contributed by atoms with Gasteiger partial charge >= 0.3 is 0 Å². The number of nitrogens with zero attached hydrogens (tertiary/aromatic N) is 1. The number of amides is 1. The second kappa shape index (κ2) is 4.88. The van der Waals surface area contributed by atoms with Crippen LogP contribution in [0.15, 0.2) is 18.2 Å². The number of aliphatic hydroxyl groups is 1. The summed E-state index contributed by atoms with van der Waals surface area (Å²) >= 11 is 0. The molecule has 1 fully saturated rings. The van der Waals surface area contributed by atoms with E-state index in [1.807, 2.05) is 36.9 Å². The first kappa shape index (κ1) is 12.1. The topological polar surface area (TPSA) is 40.5 Å². The molecule has 3 nitrogen and oxygen atoms in total. The average molecular weight is 233 g/mol. The van der Waals surface area contributed by atoms with E-state index in [2.05, 4.69) is 0 Å². The predicted molar refractivity (Wildman–Crippen MR) is 67.1 cm³/mol. The molecular formula is C14H19NO2. The fourth-order valence-electron chi connectivity index (χ4n) is 2.59. The van der Waals surface area contributed by atoms with E-state index in [0.717, 1.165) is 36.1 Å². The molecule has 1 heterocycles. The van der Waals surface area contributed by atoms with Crippen molar-refractivity contribution in [3.8, 4) is 0 Å². The highest BCUT2D eigenvalue weighted by molar-refractivity contribution is 5.97. The van der Waals surface area contributed by atoms with E-state index in [4.69, 9.17) is 0 Å². The maximum absolute atomic E-state index is 12.5. The molecule has 1 aliphatic rings. The molecule has 92 valence electrons. The first-order chi connectivity index (χ1) is 8.15. The lowest BCUT2D eigenvalue weighted by molar-refractivity contribution is 0.0676. The average Bonchev–Trinajstić information content (AvgIpc) is 2.76. The van der Waals surface area contributed by atoms with Gasteiger partial charge < -0.3 is 10.0 Å². The van der Waals surface area contributed by atoms with Crippen molar-refractivity contribution in [2.75, 3.05) is 13.2 Å². The molecule has 1 saturated heterocycles. The summed E-state index contributed by atoms with van der Waals surface area (Å²) in [6.45, 7) is 4.75. The normalized spacial score (nSPS) is 19.7. The van der Waals surface area contributed by atoms with Crippen molar-refractivity contribution in [2.45, 2.75) is 32.7 Å². The first-order valence-corrected chi connectivity index (χ1v) is 6.13. The number of hydrogen-bond acceptors (Lipinski definition) is 2. The fourth-order valence-corrected chi connectivity index (χ4v) is 2.59.